The smallest absolute Gasteiger partial charge is 0.269 e. The number of nitrogens with zero attached hydrogens (tertiary/aromatic N) is 5. The number of anilines is 2. The second-order valence-corrected chi connectivity index (χ2v) is 7.82. The van der Waals surface area contributed by atoms with Crippen molar-refractivity contribution in [3.63, 3.8) is 0 Å². The minimum Gasteiger partial charge on any atom is -0.467 e. The molecule has 0 aliphatic heterocycles. The van der Waals surface area contributed by atoms with E-state index >= 15 is 0 Å². The van der Waals surface area contributed by atoms with Crippen LogP contribution in [0, 0.1) is 21.6 Å². The molecule has 3 aromatic rings. The van der Waals surface area contributed by atoms with E-state index in [4.69, 9.17) is 9.68 Å². The molecule has 2 N–H and O–H groups in total. The van der Waals surface area contributed by atoms with Crippen molar-refractivity contribution in [2.24, 2.45) is 4.99 Å². The number of hydrogen-bond donors (Lipinski definition) is 2. The van der Waals surface area contributed by atoms with Crippen LogP contribution in [0.5, 0.6) is 0 Å². The Labute approximate surface area is 208 Å². The second-order valence-electron chi connectivity index (χ2n) is 7.82. The number of carbonyl (C=O) groups excluding carboxylic acids is 1. The van der Waals surface area contributed by atoms with Crippen molar-refractivity contribution in [1.82, 2.24) is 10.3 Å². The van der Waals surface area contributed by atoms with E-state index in [0.29, 0.717) is 36.8 Å². The van der Waals surface area contributed by atoms with Gasteiger partial charge < -0.3 is 14.6 Å². The molecule has 0 saturated heterocycles. The van der Waals surface area contributed by atoms with Gasteiger partial charge in [-0.1, -0.05) is 12.8 Å². The molecule has 0 spiro atoms. The van der Waals surface area contributed by atoms with Gasteiger partial charge in [0.05, 0.1) is 17.7 Å². The number of pyridine rings is 1. The van der Waals surface area contributed by atoms with Crippen molar-refractivity contribution in [2.45, 2.75) is 38.6 Å². The lowest BCUT2D eigenvalue weighted by Gasteiger charge is -2.22. The van der Waals surface area contributed by atoms with Gasteiger partial charge in [0.15, 0.2) is 6.19 Å². The van der Waals surface area contributed by atoms with Gasteiger partial charge in [0.2, 0.25) is 11.9 Å². The van der Waals surface area contributed by atoms with Crippen LogP contribution in [0.3, 0.4) is 0 Å². The Balaban J connectivity index is 1.46. The number of nitrogens with one attached hydrogen (secondary N) is 2. The molecule has 1 amide bonds. The number of aromatic nitrogens is 1. The van der Waals surface area contributed by atoms with E-state index in [0.717, 1.165) is 24.9 Å². The molecule has 186 valence electrons. The summed E-state index contributed by atoms with van der Waals surface area (Å²) in [6.07, 6.45) is 10.3. The van der Waals surface area contributed by atoms with E-state index in [1.807, 2.05) is 6.19 Å². The van der Waals surface area contributed by atoms with Crippen LogP contribution in [0.2, 0.25) is 0 Å². The first-order valence-electron chi connectivity index (χ1n) is 11.5. The fourth-order valence-corrected chi connectivity index (χ4v) is 3.44. The summed E-state index contributed by atoms with van der Waals surface area (Å²) in [4.78, 5) is 33.4. The normalized spacial score (nSPS) is 10.9. The van der Waals surface area contributed by atoms with E-state index in [-0.39, 0.29) is 18.1 Å². The van der Waals surface area contributed by atoms with E-state index < -0.39 is 4.92 Å². The average Bonchev–Trinajstić information content (AvgIpc) is 3.41. The van der Waals surface area contributed by atoms with Crippen LogP contribution in [0.25, 0.3) is 0 Å². The summed E-state index contributed by atoms with van der Waals surface area (Å²) in [5, 5.41) is 25.4. The number of aliphatic imine (C=N–C) groups is 1. The van der Waals surface area contributed by atoms with Crippen LogP contribution in [-0.4, -0.2) is 28.3 Å². The molecular weight excluding hydrogens is 462 g/mol. The predicted molar refractivity (Wildman–Crippen MR) is 135 cm³/mol. The lowest BCUT2D eigenvalue weighted by Crippen LogP contribution is -2.30. The highest BCUT2D eigenvalue weighted by molar-refractivity contribution is 5.94. The summed E-state index contributed by atoms with van der Waals surface area (Å²) in [5.74, 6) is 0.914. The highest BCUT2D eigenvalue weighted by Gasteiger charge is 2.18. The molecule has 0 unspecified atom stereocenters. The molecule has 36 heavy (non-hydrogen) atoms. The number of unbranched alkanes of at least 4 members (excludes halogenated alkanes) is 3. The van der Waals surface area contributed by atoms with Gasteiger partial charge >= 0.3 is 0 Å². The topological polar surface area (TPSA) is 150 Å². The van der Waals surface area contributed by atoms with Gasteiger partial charge in [-0.3, -0.25) is 30.2 Å². The lowest BCUT2D eigenvalue weighted by atomic mass is 10.1. The standard InChI is InChI=1S/C25H27N7O4/c26-19-29-25(30-20-12-15-27-16-13-20)28-14-4-2-1-3-7-24(33)31(18-23-6-5-17-36-23)21-8-10-22(11-9-21)32(34)35/h5-6,8-13,15-17H,1-4,7,14,18H2,(H2,27,28,29,30). The highest BCUT2D eigenvalue weighted by Crippen LogP contribution is 2.23. The van der Waals surface area contributed by atoms with Crippen LogP contribution >= 0.6 is 0 Å². The number of hydrogen-bond acceptors (Lipinski definition) is 7. The van der Waals surface area contributed by atoms with Crippen molar-refractivity contribution in [3.8, 4) is 6.19 Å². The maximum atomic E-state index is 13.0. The van der Waals surface area contributed by atoms with Crippen molar-refractivity contribution >= 4 is 28.9 Å². The molecule has 0 radical (unpaired) electrons. The van der Waals surface area contributed by atoms with Crippen LogP contribution in [-0.2, 0) is 11.3 Å². The Kier molecular flexibility index (Phi) is 9.97. The first-order chi connectivity index (χ1) is 17.6. The molecule has 11 heteroatoms. The lowest BCUT2D eigenvalue weighted by molar-refractivity contribution is -0.384. The van der Waals surface area contributed by atoms with E-state index in [1.54, 1.807) is 60.0 Å². The number of carbonyl (C=O) groups is 1. The molecule has 2 heterocycles. The number of non-ortho nitro benzene ring substituents is 1. The number of nitriles is 1. The molecule has 2 aromatic heterocycles. The quantitative estimate of drug-likeness (QED) is 0.0712. The Morgan fingerprint density at radius 1 is 1.11 bits per heavy atom. The fourth-order valence-electron chi connectivity index (χ4n) is 3.44. The Bertz CT molecular complexity index is 1170. The molecule has 1 aromatic carbocycles. The van der Waals surface area contributed by atoms with Gasteiger partial charge in [-0.25, -0.2) is 0 Å². The summed E-state index contributed by atoms with van der Waals surface area (Å²) < 4.78 is 5.39. The third-order valence-corrected chi connectivity index (χ3v) is 5.25. The third kappa shape index (κ3) is 8.25. The summed E-state index contributed by atoms with van der Waals surface area (Å²) in [5.41, 5.74) is 1.32. The van der Waals surface area contributed by atoms with E-state index in [2.05, 4.69) is 20.6 Å². The van der Waals surface area contributed by atoms with Crippen molar-refractivity contribution in [2.75, 3.05) is 16.8 Å². The minimum absolute atomic E-state index is 0.0316. The summed E-state index contributed by atoms with van der Waals surface area (Å²) in [7, 11) is 0. The number of amides is 1. The van der Waals surface area contributed by atoms with Gasteiger partial charge in [-0.15, -0.1) is 0 Å². The predicted octanol–water partition coefficient (Wildman–Crippen LogP) is 4.61. The zero-order valence-corrected chi connectivity index (χ0v) is 19.7. The SMILES string of the molecule is N#CNC(=NCCCCCCC(=O)N(Cc1ccco1)c1ccc([N+](=O)[O-])cc1)Nc1ccncc1. The van der Waals surface area contributed by atoms with Gasteiger partial charge in [0.25, 0.3) is 5.69 Å². The number of furan rings is 1. The van der Waals surface area contributed by atoms with Crippen molar-refractivity contribution in [3.05, 3.63) is 83.1 Å². The molecule has 0 saturated carbocycles. The fraction of sp³-hybridized carbons (Fsp3) is 0.280. The Morgan fingerprint density at radius 2 is 1.86 bits per heavy atom. The van der Waals surface area contributed by atoms with Gasteiger partial charge in [0.1, 0.15) is 5.76 Å². The van der Waals surface area contributed by atoms with Crippen molar-refractivity contribution in [1.29, 1.82) is 5.26 Å². The van der Waals surface area contributed by atoms with Gasteiger partial charge in [-0.2, -0.15) is 5.26 Å². The first-order valence-corrected chi connectivity index (χ1v) is 11.5. The second kappa shape index (κ2) is 13.9. The molecule has 3 rings (SSSR count). The zero-order valence-electron chi connectivity index (χ0n) is 19.7. The number of benzene rings is 1. The van der Waals surface area contributed by atoms with Crippen LogP contribution in [0.4, 0.5) is 17.1 Å². The van der Waals surface area contributed by atoms with Crippen LogP contribution < -0.4 is 15.5 Å². The van der Waals surface area contributed by atoms with Crippen LogP contribution in [0.15, 0.2) is 76.6 Å². The number of nitro benzene ring substituents is 1. The number of nitro groups is 1. The molecule has 0 bridgehead atoms. The highest BCUT2D eigenvalue weighted by atomic mass is 16.6. The van der Waals surface area contributed by atoms with E-state index in [9.17, 15) is 14.9 Å². The zero-order chi connectivity index (χ0) is 25.6. The summed E-state index contributed by atoms with van der Waals surface area (Å²) >= 11 is 0. The Morgan fingerprint density at radius 3 is 2.53 bits per heavy atom. The monoisotopic (exact) mass is 489 g/mol. The summed E-state index contributed by atoms with van der Waals surface area (Å²) in [6, 6.07) is 13.0. The molecule has 0 fully saturated rings. The maximum Gasteiger partial charge on any atom is 0.269 e. The number of rotatable bonds is 12. The molecule has 0 aliphatic carbocycles. The Hall–Kier alpha value is -4.72. The largest absolute Gasteiger partial charge is 0.467 e. The summed E-state index contributed by atoms with van der Waals surface area (Å²) in [6.45, 7) is 0.779. The maximum absolute atomic E-state index is 13.0. The molecule has 0 atom stereocenters. The molecule has 11 nitrogen and oxygen atoms in total. The average molecular weight is 490 g/mol. The van der Waals surface area contributed by atoms with Crippen LogP contribution in [0.1, 0.15) is 37.9 Å². The number of guanidine groups is 1. The first kappa shape index (κ1) is 25.9. The molecule has 0 aliphatic rings. The molecular formula is C25H27N7O4. The minimum atomic E-state index is -0.471. The van der Waals surface area contributed by atoms with Crippen molar-refractivity contribution < 1.29 is 14.1 Å². The third-order valence-electron chi connectivity index (χ3n) is 5.25. The van der Waals surface area contributed by atoms with Gasteiger partial charge in [-0.05, 0) is 49.2 Å². The van der Waals surface area contributed by atoms with E-state index in [1.165, 1.54) is 12.1 Å². The van der Waals surface area contributed by atoms with Gasteiger partial charge in [0, 0.05) is 48.9 Å².